The fourth-order valence-corrected chi connectivity index (χ4v) is 4.37. The van der Waals surface area contributed by atoms with Gasteiger partial charge in [0.1, 0.15) is 5.82 Å². The first kappa shape index (κ1) is 21.9. The molecule has 1 aromatic heterocycles. The van der Waals surface area contributed by atoms with E-state index in [4.69, 9.17) is 4.74 Å². The summed E-state index contributed by atoms with van der Waals surface area (Å²) in [4.78, 5) is 14.5. The number of aromatic nitrogens is 3. The Balaban J connectivity index is 1.48. The highest BCUT2D eigenvalue weighted by Gasteiger charge is 2.32. The number of alkyl halides is 3. The maximum absolute atomic E-state index is 13.2. The lowest BCUT2D eigenvalue weighted by atomic mass is 10.1. The van der Waals surface area contributed by atoms with Crippen molar-refractivity contribution in [2.24, 2.45) is 0 Å². The minimum absolute atomic E-state index is 0.0294. The second-order valence-electron chi connectivity index (χ2n) is 7.53. The van der Waals surface area contributed by atoms with Crippen LogP contribution in [0.1, 0.15) is 37.1 Å². The van der Waals surface area contributed by atoms with Crippen molar-refractivity contribution >= 4 is 29.0 Å². The van der Waals surface area contributed by atoms with Gasteiger partial charge >= 0.3 is 6.18 Å². The number of hydrogen-bond donors (Lipinski definition) is 1. The van der Waals surface area contributed by atoms with Gasteiger partial charge in [0.25, 0.3) is 0 Å². The summed E-state index contributed by atoms with van der Waals surface area (Å²) >= 11 is 1.24. The lowest BCUT2D eigenvalue weighted by molar-refractivity contribution is -0.137. The molecule has 1 amide bonds. The van der Waals surface area contributed by atoms with Crippen LogP contribution in [0.4, 0.5) is 24.5 Å². The molecule has 31 heavy (non-hydrogen) atoms. The van der Waals surface area contributed by atoms with E-state index in [2.05, 4.69) is 15.5 Å². The summed E-state index contributed by atoms with van der Waals surface area (Å²) in [7, 11) is 0. The van der Waals surface area contributed by atoms with E-state index in [9.17, 15) is 18.0 Å². The largest absolute Gasteiger partial charge is 0.416 e. The molecule has 2 aliphatic rings. The van der Waals surface area contributed by atoms with Gasteiger partial charge in [-0.05, 0) is 38.0 Å². The second-order valence-corrected chi connectivity index (χ2v) is 8.47. The van der Waals surface area contributed by atoms with E-state index in [1.807, 2.05) is 16.4 Å². The average Bonchev–Trinajstić information content (AvgIpc) is 3.51. The Morgan fingerprint density at radius 3 is 2.65 bits per heavy atom. The molecular formula is C20H24F3N5O2S. The Kier molecular flexibility index (Phi) is 6.42. The van der Waals surface area contributed by atoms with Gasteiger partial charge in [-0.2, -0.15) is 13.2 Å². The Bertz CT molecular complexity index is 939. The fourth-order valence-electron chi connectivity index (χ4n) is 3.56. The van der Waals surface area contributed by atoms with Crippen LogP contribution in [0.2, 0.25) is 0 Å². The molecule has 1 aliphatic heterocycles. The number of ether oxygens (including phenoxy) is 1. The van der Waals surface area contributed by atoms with Crippen molar-refractivity contribution in [2.75, 3.05) is 42.3 Å². The lowest BCUT2D eigenvalue weighted by Crippen LogP contribution is -2.37. The molecule has 1 saturated heterocycles. The maximum atomic E-state index is 13.2. The molecule has 1 saturated carbocycles. The van der Waals surface area contributed by atoms with Crippen LogP contribution in [0, 0.1) is 0 Å². The molecule has 2 fully saturated rings. The predicted octanol–water partition coefficient (Wildman–Crippen LogP) is 3.76. The summed E-state index contributed by atoms with van der Waals surface area (Å²) in [6.45, 7) is 4.77. The number of rotatable bonds is 7. The molecule has 0 spiro atoms. The van der Waals surface area contributed by atoms with Gasteiger partial charge in [-0.15, -0.1) is 10.2 Å². The van der Waals surface area contributed by atoms with Gasteiger partial charge in [0.15, 0.2) is 5.16 Å². The zero-order valence-electron chi connectivity index (χ0n) is 17.1. The average molecular weight is 456 g/mol. The van der Waals surface area contributed by atoms with Crippen molar-refractivity contribution in [3.05, 3.63) is 29.6 Å². The van der Waals surface area contributed by atoms with Gasteiger partial charge in [0, 0.05) is 25.6 Å². The predicted molar refractivity (Wildman–Crippen MR) is 112 cm³/mol. The Morgan fingerprint density at radius 1 is 1.26 bits per heavy atom. The van der Waals surface area contributed by atoms with Crippen molar-refractivity contribution in [1.82, 2.24) is 14.8 Å². The number of halogens is 3. The van der Waals surface area contributed by atoms with Gasteiger partial charge in [-0.3, -0.25) is 4.79 Å². The molecule has 4 rings (SSSR count). The third-order valence-electron chi connectivity index (χ3n) is 5.29. The number of carbonyl (C=O) groups excluding carboxylic acids is 1. The SMILES string of the molecule is CCn1c(SCC(=O)Nc2cc(C(F)(F)F)ccc2N2CCOCC2)nnc1C1CC1. The summed E-state index contributed by atoms with van der Waals surface area (Å²) in [5.74, 6) is 1.02. The normalized spacial score (nSPS) is 17.1. The second kappa shape index (κ2) is 9.07. The number of anilines is 2. The van der Waals surface area contributed by atoms with E-state index in [0.29, 0.717) is 49.6 Å². The topological polar surface area (TPSA) is 72.3 Å². The van der Waals surface area contributed by atoms with Crippen LogP contribution < -0.4 is 10.2 Å². The lowest BCUT2D eigenvalue weighted by Gasteiger charge is -2.31. The Labute approximate surface area is 182 Å². The number of nitrogens with one attached hydrogen (secondary N) is 1. The minimum Gasteiger partial charge on any atom is -0.378 e. The van der Waals surface area contributed by atoms with Crippen molar-refractivity contribution in [3.8, 4) is 0 Å². The standard InChI is InChI=1S/C20H24F3N5O2S/c1-2-28-18(13-3-4-13)25-26-19(28)31-12-17(29)24-15-11-14(20(21,22)23)5-6-16(15)27-7-9-30-10-8-27/h5-6,11,13H,2-4,7-10,12H2,1H3,(H,24,29). The molecular weight excluding hydrogens is 431 g/mol. The molecule has 0 radical (unpaired) electrons. The van der Waals surface area contributed by atoms with E-state index >= 15 is 0 Å². The molecule has 2 aromatic rings. The molecule has 11 heteroatoms. The first-order chi connectivity index (χ1) is 14.9. The van der Waals surface area contributed by atoms with E-state index < -0.39 is 17.6 Å². The first-order valence-electron chi connectivity index (χ1n) is 10.3. The van der Waals surface area contributed by atoms with Gasteiger partial charge in [-0.25, -0.2) is 0 Å². The quantitative estimate of drug-likeness (QED) is 0.641. The third-order valence-corrected chi connectivity index (χ3v) is 6.25. The van der Waals surface area contributed by atoms with Crippen LogP contribution in [-0.2, 0) is 22.3 Å². The molecule has 1 aromatic carbocycles. The van der Waals surface area contributed by atoms with Crippen molar-refractivity contribution in [3.63, 3.8) is 0 Å². The van der Waals surface area contributed by atoms with Gasteiger partial charge in [0.2, 0.25) is 5.91 Å². The van der Waals surface area contributed by atoms with Crippen LogP contribution in [0.25, 0.3) is 0 Å². The summed E-state index contributed by atoms with van der Waals surface area (Å²) in [5, 5.41) is 11.8. The van der Waals surface area contributed by atoms with Crippen LogP contribution in [0.15, 0.2) is 23.4 Å². The number of benzene rings is 1. The Morgan fingerprint density at radius 2 is 2.00 bits per heavy atom. The van der Waals surface area contributed by atoms with Crippen LogP contribution in [0.3, 0.4) is 0 Å². The molecule has 0 bridgehead atoms. The zero-order chi connectivity index (χ0) is 22.0. The van der Waals surface area contributed by atoms with E-state index in [1.165, 1.54) is 17.8 Å². The zero-order valence-corrected chi connectivity index (χ0v) is 17.9. The molecule has 0 unspecified atom stereocenters. The van der Waals surface area contributed by atoms with Crippen molar-refractivity contribution < 1.29 is 22.7 Å². The number of hydrogen-bond acceptors (Lipinski definition) is 6. The minimum atomic E-state index is -4.49. The fraction of sp³-hybridized carbons (Fsp3) is 0.550. The summed E-state index contributed by atoms with van der Waals surface area (Å²) in [6, 6.07) is 3.44. The number of carbonyl (C=O) groups is 1. The molecule has 7 nitrogen and oxygen atoms in total. The van der Waals surface area contributed by atoms with E-state index in [1.54, 1.807) is 0 Å². The third kappa shape index (κ3) is 5.15. The monoisotopic (exact) mass is 455 g/mol. The number of thioether (sulfide) groups is 1. The van der Waals surface area contributed by atoms with Gasteiger partial charge in [-0.1, -0.05) is 11.8 Å². The Hall–Kier alpha value is -2.27. The summed E-state index contributed by atoms with van der Waals surface area (Å²) in [5.41, 5.74) is -0.0902. The maximum Gasteiger partial charge on any atom is 0.416 e. The molecule has 1 aliphatic carbocycles. The van der Waals surface area contributed by atoms with E-state index in [-0.39, 0.29) is 11.4 Å². The number of amides is 1. The van der Waals surface area contributed by atoms with Crippen LogP contribution in [0.5, 0.6) is 0 Å². The summed E-state index contributed by atoms with van der Waals surface area (Å²) < 4.78 is 47.0. The smallest absolute Gasteiger partial charge is 0.378 e. The van der Waals surface area contributed by atoms with Gasteiger partial charge < -0.3 is 19.5 Å². The molecule has 0 atom stereocenters. The summed E-state index contributed by atoms with van der Waals surface area (Å²) in [6.07, 6.45) is -2.29. The first-order valence-corrected chi connectivity index (χ1v) is 11.2. The number of morpholine rings is 1. The van der Waals surface area contributed by atoms with E-state index in [0.717, 1.165) is 30.8 Å². The van der Waals surface area contributed by atoms with Crippen LogP contribution in [-0.4, -0.2) is 52.7 Å². The number of nitrogens with zero attached hydrogens (tertiary/aromatic N) is 4. The highest BCUT2D eigenvalue weighted by atomic mass is 32.2. The van der Waals surface area contributed by atoms with Crippen molar-refractivity contribution in [2.45, 2.75) is 43.6 Å². The highest BCUT2D eigenvalue weighted by Crippen LogP contribution is 2.40. The highest BCUT2D eigenvalue weighted by molar-refractivity contribution is 7.99. The van der Waals surface area contributed by atoms with Crippen molar-refractivity contribution in [1.29, 1.82) is 0 Å². The molecule has 1 N–H and O–H groups in total. The molecule has 2 heterocycles. The van der Waals surface area contributed by atoms with Crippen LogP contribution >= 0.6 is 11.8 Å². The van der Waals surface area contributed by atoms with Gasteiger partial charge in [0.05, 0.1) is 35.9 Å². The molecule has 168 valence electrons.